The van der Waals surface area contributed by atoms with Crippen LogP contribution in [-0.2, 0) is 38.7 Å². The molecule has 2 aromatic carbocycles. The zero-order chi connectivity index (χ0) is 35.0. The minimum absolute atomic E-state index is 0.0122. The fraction of sp³-hybridized carbons (Fsp3) is 0.581. The molecule has 1 aromatic heterocycles. The number of aryl methyl sites for hydroxylation is 1. The van der Waals surface area contributed by atoms with Gasteiger partial charge in [0, 0.05) is 51.4 Å². The van der Waals surface area contributed by atoms with Gasteiger partial charge in [0.05, 0.1) is 29.8 Å². The Morgan fingerprint density at radius 1 is 0.833 bits per heavy atom. The number of alkyl halides is 9. The highest BCUT2D eigenvalue weighted by Gasteiger charge is 2.38. The van der Waals surface area contributed by atoms with E-state index in [1.807, 2.05) is 6.92 Å². The van der Waals surface area contributed by atoms with E-state index in [-0.39, 0.29) is 36.2 Å². The van der Waals surface area contributed by atoms with Gasteiger partial charge in [-0.05, 0) is 77.9 Å². The smallest absolute Gasteiger partial charge is 0.391 e. The Bertz CT molecular complexity index is 1520. The molecule has 0 amide bonds. The van der Waals surface area contributed by atoms with Crippen LogP contribution < -0.4 is 4.90 Å². The van der Waals surface area contributed by atoms with Crippen LogP contribution in [0.15, 0.2) is 36.4 Å². The summed E-state index contributed by atoms with van der Waals surface area (Å²) in [6.45, 7) is 3.41. The van der Waals surface area contributed by atoms with E-state index >= 15 is 0 Å². The topological polar surface area (TPSA) is 73.6 Å². The van der Waals surface area contributed by atoms with Crippen LogP contribution >= 0.6 is 0 Å². The van der Waals surface area contributed by atoms with E-state index in [1.165, 1.54) is 18.0 Å². The third-order valence-electron chi connectivity index (χ3n) is 9.08. The molecule has 1 saturated heterocycles. The normalized spacial score (nSPS) is 20.8. The lowest BCUT2D eigenvalue weighted by atomic mass is 9.93. The number of anilines is 1. The fourth-order valence-electron chi connectivity index (χ4n) is 6.78. The van der Waals surface area contributed by atoms with Crippen molar-refractivity contribution in [3.05, 3.63) is 69.8 Å². The third-order valence-corrected chi connectivity index (χ3v) is 9.08. The summed E-state index contributed by atoms with van der Waals surface area (Å²) in [6, 6.07) is 4.18. The highest BCUT2D eigenvalue weighted by Crippen LogP contribution is 2.39. The molecular formula is C31H36F9N7O. The van der Waals surface area contributed by atoms with Gasteiger partial charge in [-0.15, -0.1) is 5.10 Å². The lowest BCUT2D eigenvalue weighted by Crippen LogP contribution is -2.53. The van der Waals surface area contributed by atoms with E-state index in [9.17, 15) is 44.6 Å². The van der Waals surface area contributed by atoms with E-state index in [1.54, 1.807) is 0 Å². The van der Waals surface area contributed by atoms with Crippen molar-refractivity contribution < 1.29 is 44.6 Å². The largest absolute Gasteiger partial charge is 0.416 e. The molecule has 1 aliphatic heterocycles. The predicted octanol–water partition coefficient (Wildman–Crippen LogP) is 6.46. The van der Waals surface area contributed by atoms with E-state index in [0.29, 0.717) is 50.3 Å². The van der Waals surface area contributed by atoms with Crippen molar-refractivity contribution in [2.75, 3.05) is 31.1 Å². The highest BCUT2D eigenvalue weighted by atomic mass is 19.4. The monoisotopic (exact) mass is 693 g/mol. The van der Waals surface area contributed by atoms with Gasteiger partial charge in [-0.3, -0.25) is 9.80 Å². The van der Waals surface area contributed by atoms with Crippen LogP contribution in [-0.4, -0.2) is 73.4 Å². The van der Waals surface area contributed by atoms with Crippen LogP contribution in [0.1, 0.15) is 72.0 Å². The Labute approximate surface area is 271 Å². The van der Waals surface area contributed by atoms with Crippen molar-refractivity contribution in [2.24, 2.45) is 7.05 Å². The molecule has 2 heterocycles. The second-order valence-corrected chi connectivity index (χ2v) is 12.3. The van der Waals surface area contributed by atoms with E-state index in [2.05, 4.69) is 25.2 Å². The number of hydrogen-bond acceptors (Lipinski definition) is 7. The van der Waals surface area contributed by atoms with E-state index in [0.717, 1.165) is 36.2 Å². The molecule has 8 nitrogen and oxygen atoms in total. The van der Waals surface area contributed by atoms with Gasteiger partial charge in [0.15, 0.2) is 0 Å². The second kappa shape index (κ2) is 13.8. The molecule has 2 aliphatic rings. The van der Waals surface area contributed by atoms with Gasteiger partial charge in [-0.25, -0.2) is 0 Å². The Morgan fingerprint density at radius 2 is 1.46 bits per heavy atom. The predicted molar refractivity (Wildman–Crippen MR) is 156 cm³/mol. The van der Waals surface area contributed by atoms with E-state index < -0.39 is 53.4 Å². The first-order valence-corrected chi connectivity index (χ1v) is 15.6. The zero-order valence-electron chi connectivity index (χ0n) is 26.2. The molecule has 1 aliphatic carbocycles. The van der Waals surface area contributed by atoms with Gasteiger partial charge in [0.1, 0.15) is 0 Å². The summed E-state index contributed by atoms with van der Waals surface area (Å²) >= 11 is 0. The lowest BCUT2D eigenvalue weighted by Gasteiger charge is -2.42. The van der Waals surface area contributed by atoms with Gasteiger partial charge >= 0.3 is 18.5 Å². The number of aliphatic hydroxyl groups excluding tert-OH is 1. The average Bonchev–Trinajstić information content (AvgIpc) is 3.64. The van der Waals surface area contributed by atoms with Crippen molar-refractivity contribution in [1.29, 1.82) is 0 Å². The van der Waals surface area contributed by atoms with Crippen molar-refractivity contribution >= 4 is 5.95 Å². The molecule has 1 N–H and O–H groups in total. The number of aromatic nitrogens is 4. The zero-order valence-corrected chi connectivity index (χ0v) is 26.2. The third kappa shape index (κ3) is 8.22. The van der Waals surface area contributed by atoms with Crippen LogP contribution in [0.25, 0.3) is 0 Å². The molecule has 1 saturated carbocycles. The van der Waals surface area contributed by atoms with E-state index in [4.69, 9.17) is 0 Å². The Kier molecular flexibility index (Phi) is 10.3. The molecule has 3 aromatic rings. The van der Waals surface area contributed by atoms with Gasteiger partial charge in [0.25, 0.3) is 5.95 Å². The Morgan fingerprint density at radius 3 is 1.96 bits per heavy atom. The summed E-state index contributed by atoms with van der Waals surface area (Å²) in [5.74, 6) is -0.191. The summed E-state index contributed by atoms with van der Waals surface area (Å²) < 4.78 is 124. The summed E-state index contributed by atoms with van der Waals surface area (Å²) in [5.41, 5.74) is -3.68. The molecule has 2 fully saturated rings. The minimum Gasteiger partial charge on any atom is -0.391 e. The molecule has 264 valence electrons. The number of aliphatic hydroxyl groups is 1. The van der Waals surface area contributed by atoms with Crippen LogP contribution in [0.3, 0.4) is 0 Å². The SMILES string of the molecule is CCC(c1ccc(C(F)(F)F)cc1CN(Cc1cc(C(F)(F)F)cc(C(F)(F)F)c1)c1nnn(C)n1)N1CCN([C@@H]2CCC[C@H]2O)CC1. The maximum atomic E-state index is 14.0. The van der Waals surface area contributed by atoms with Gasteiger partial charge in [-0.1, -0.05) is 18.1 Å². The molecule has 0 bridgehead atoms. The quantitative estimate of drug-likeness (QED) is 0.258. The molecule has 1 unspecified atom stereocenters. The summed E-state index contributed by atoms with van der Waals surface area (Å²) in [5, 5.41) is 22.1. The number of benzene rings is 2. The minimum atomic E-state index is -5.09. The molecule has 17 heteroatoms. The number of hydrogen-bond donors (Lipinski definition) is 1. The van der Waals surface area contributed by atoms with Crippen LogP contribution in [0.5, 0.6) is 0 Å². The highest BCUT2D eigenvalue weighted by molar-refractivity contribution is 5.42. The van der Waals surface area contributed by atoms with Crippen molar-refractivity contribution in [3.63, 3.8) is 0 Å². The lowest BCUT2D eigenvalue weighted by molar-refractivity contribution is -0.143. The first-order valence-electron chi connectivity index (χ1n) is 15.6. The van der Waals surface area contributed by atoms with Crippen molar-refractivity contribution in [2.45, 2.75) is 82.4 Å². The van der Waals surface area contributed by atoms with Gasteiger partial charge in [-0.2, -0.15) is 44.3 Å². The molecule has 0 spiro atoms. The number of halogens is 9. The second-order valence-electron chi connectivity index (χ2n) is 12.3. The Hall–Kier alpha value is -3.44. The molecule has 3 atom stereocenters. The molecular weight excluding hydrogens is 657 g/mol. The maximum absolute atomic E-state index is 14.0. The fourth-order valence-corrected chi connectivity index (χ4v) is 6.78. The molecule has 5 rings (SSSR count). The summed E-state index contributed by atoms with van der Waals surface area (Å²) in [6.07, 6.45) is -12.2. The number of nitrogens with zero attached hydrogens (tertiary/aromatic N) is 7. The van der Waals surface area contributed by atoms with Gasteiger partial charge < -0.3 is 10.0 Å². The van der Waals surface area contributed by atoms with Crippen molar-refractivity contribution in [3.8, 4) is 0 Å². The van der Waals surface area contributed by atoms with Gasteiger partial charge in [0.2, 0.25) is 0 Å². The standard InChI is InChI=1S/C31H36F9N7O/c1-3-25(45-9-11-46(12-10-45)26-5-4-6-27(26)48)24-8-7-21(29(32,33)34)15-20(24)18-47(28-41-43-44(2)42-28)17-19-13-22(30(35,36)37)16-23(14-19)31(38,39)40/h7-8,13-16,25-27,48H,3-6,9-12,17-18H2,1-2H3/t25?,26-,27-/m1/s1. The molecule has 48 heavy (non-hydrogen) atoms. The average molecular weight is 694 g/mol. The molecule has 0 radical (unpaired) electrons. The van der Waals surface area contributed by atoms with Crippen LogP contribution in [0.2, 0.25) is 0 Å². The summed E-state index contributed by atoms with van der Waals surface area (Å²) in [7, 11) is 1.40. The summed E-state index contributed by atoms with van der Waals surface area (Å²) in [4.78, 5) is 6.63. The first-order chi connectivity index (χ1) is 22.4. The van der Waals surface area contributed by atoms with Crippen LogP contribution in [0.4, 0.5) is 45.5 Å². The first kappa shape index (κ1) is 35.9. The number of piperazine rings is 1. The Balaban J connectivity index is 1.51. The van der Waals surface area contributed by atoms with Crippen LogP contribution in [0, 0.1) is 0 Å². The maximum Gasteiger partial charge on any atom is 0.416 e. The number of rotatable bonds is 9. The number of tetrazole rings is 1. The van der Waals surface area contributed by atoms with Crippen molar-refractivity contribution in [1.82, 2.24) is 30.0 Å².